The quantitative estimate of drug-likeness (QED) is 0.900. The van der Waals surface area contributed by atoms with Crippen LogP contribution in [0.5, 0.6) is 0 Å². The molecule has 20 heavy (non-hydrogen) atoms. The van der Waals surface area contributed by atoms with Crippen LogP contribution in [-0.4, -0.2) is 22.1 Å². The summed E-state index contributed by atoms with van der Waals surface area (Å²) in [6.45, 7) is 2.96. The highest BCUT2D eigenvalue weighted by atomic mass is 15.1. The first kappa shape index (κ1) is 13.3. The molecule has 3 rings (SSSR count). The number of hydrogen-bond donors (Lipinski definition) is 2. The van der Waals surface area contributed by atoms with Crippen LogP contribution in [0.4, 0.5) is 5.82 Å². The molecule has 1 aromatic carbocycles. The Bertz CT molecular complexity index is 593. The smallest absolute Gasteiger partial charge is 0.137 e. The van der Waals surface area contributed by atoms with Crippen LogP contribution >= 0.6 is 0 Å². The van der Waals surface area contributed by atoms with Gasteiger partial charge in [0.15, 0.2) is 0 Å². The lowest BCUT2D eigenvalue weighted by atomic mass is 9.76. The number of para-hydroxylation sites is 1. The molecule has 4 nitrogen and oxygen atoms in total. The molecule has 2 atom stereocenters. The number of rotatable bonds is 3. The second-order valence-electron chi connectivity index (χ2n) is 6.05. The van der Waals surface area contributed by atoms with Gasteiger partial charge in [-0.05, 0) is 30.9 Å². The Kier molecular flexibility index (Phi) is 3.57. The predicted octanol–water partition coefficient (Wildman–Crippen LogP) is 2.95. The molecule has 1 fully saturated rings. The van der Waals surface area contributed by atoms with E-state index in [1.165, 1.54) is 12.8 Å². The SMILES string of the molecule is CC1CCCC(CN)(Nc2ncnc3ccccc23)C1. The van der Waals surface area contributed by atoms with Gasteiger partial charge in [0.05, 0.1) is 11.1 Å². The Morgan fingerprint density at radius 1 is 1.35 bits per heavy atom. The number of nitrogens with zero attached hydrogens (tertiary/aromatic N) is 2. The van der Waals surface area contributed by atoms with Crippen molar-refractivity contribution in [2.45, 2.75) is 38.1 Å². The van der Waals surface area contributed by atoms with Crippen LogP contribution in [-0.2, 0) is 0 Å². The normalized spacial score (nSPS) is 26.6. The van der Waals surface area contributed by atoms with Gasteiger partial charge in [-0.3, -0.25) is 0 Å². The highest BCUT2D eigenvalue weighted by Crippen LogP contribution is 2.35. The monoisotopic (exact) mass is 270 g/mol. The zero-order chi connectivity index (χ0) is 14.0. The van der Waals surface area contributed by atoms with E-state index in [-0.39, 0.29) is 5.54 Å². The average molecular weight is 270 g/mol. The number of nitrogens with one attached hydrogen (secondary N) is 1. The molecule has 2 unspecified atom stereocenters. The van der Waals surface area contributed by atoms with Crippen LogP contribution in [0.3, 0.4) is 0 Å². The zero-order valence-corrected chi connectivity index (χ0v) is 12.0. The van der Waals surface area contributed by atoms with Gasteiger partial charge in [-0.15, -0.1) is 0 Å². The minimum Gasteiger partial charge on any atom is -0.363 e. The summed E-state index contributed by atoms with van der Waals surface area (Å²) in [6, 6.07) is 8.10. The molecule has 4 heteroatoms. The van der Waals surface area contributed by atoms with Gasteiger partial charge in [-0.25, -0.2) is 9.97 Å². The van der Waals surface area contributed by atoms with Crippen LogP contribution in [0.15, 0.2) is 30.6 Å². The molecule has 106 valence electrons. The van der Waals surface area contributed by atoms with Crippen molar-refractivity contribution in [1.82, 2.24) is 9.97 Å². The molecule has 1 aliphatic carbocycles. The summed E-state index contributed by atoms with van der Waals surface area (Å²) in [6.07, 6.45) is 6.39. The summed E-state index contributed by atoms with van der Waals surface area (Å²) < 4.78 is 0. The van der Waals surface area contributed by atoms with Crippen molar-refractivity contribution < 1.29 is 0 Å². The molecule has 0 bridgehead atoms. The Morgan fingerprint density at radius 3 is 3.00 bits per heavy atom. The maximum absolute atomic E-state index is 6.09. The third-order valence-electron chi connectivity index (χ3n) is 4.41. The molecule has 1 aliphatic rings. The molecule has 0 aliphatic heterocycles. The lowest BCUT2D eigenvalue weighted by Crippen LogP contribution is -2.49. The highest BCUT2D eigenvalue weighted by Gasteiger charge is 2.34. The lowest BCUT2D eigenvalue weighted by Gasteiger charge is -2.40. The van der Waals surface area contributed by atoms with Gasteiger partial charge in [0.1, 0.15) is 12.1 Å². The number of hydrogen-bond acceptors (Lipinski definition) is 4. The van der Waals surface area contributed by atoms with Gasteiger partial charge >= 0.3 is 0 Å². The number of fused-ring (bicyclic) bond motifs is 1. The van der Waals surface area contributed by atoms with Crippen molar-refractivity contribution in [3.63, 3.8) is 0 Å². The molecule has 0 amide bonds. The summed E-state index contributed by atoms with van der Waals surface area (Å²) in [5, 5.41) is 4.71. The molecule has 1 aromatic heterocycles. The second-order valence-corrected chi connectivity index (χ2v) is 6.05. The van der Waals surface area contributed by atoms with Crippen molar-refractivity contribution in [2.75, 3.05) is 11.9 Å². The summed E-state index contributed by atoms with van der Waals surface area (Å²) in [7, 11) is 0. The first-order chi connectivity index (χ1) is 9.72. The van der Waals surface area contributed by atoms with E-state index >= 15 is 0 Å². The van der Waals surface area contributed by atoms with Crippen LogP contribution < -0.4 is 11.1 Å². The fraction of sp³-hybridized carbons (Fsp3) is 0.500. The minimum absolute atomic E-state index is 0.0191. The Morgan fingerprint density at radius 2 is 2.20 bits per heavy atom. The fourth-order valence-corrected chi connectivity index (χ4v) is 3.37. The first-order valence-corrected chi connectivity index (χ1v) is 7.40. The van der Waals surface area contributed by atoms with E-state index in [4.69, 9.17) is 5.73 Å². The van der Waals surface area contributed by atoms with Crippen molar-refractivity contribution >= 4 is 16.7 Å². The largest absolute Gasteiger partial charge is 0.363 e. The van der Waals surface area contributed by atoms with Gasteiger partial charge in [0.2, 0.25) is 0 Å². The first-order valence-electron chi connectivity index (χ1n) is 7.40. The molecule has 3 N–H and O–H groups in total. The van der Waals surface area contributed by atoms with E-state index in [2.05, 4.69) is 28.3 Å². The summed E-state index contributed by atoms with van der Waals surface area (Å²) >= 11 is 0. The summed E-state index contributed by atoms with van der Waals surface area (Å²) in [4.78, 5) is 8.76. The standard InChI is InChI=1S/C16H22N4/c1-12-5-4-8-16(9-12,10-17)20-15-13-6-2-3-7-14(13)18-11-19-15/h2-3,6-7,11-12H,4-5,8-10,17H2,1H3,(H,18,19,20). The fourth-order valence-electron chi connectivity index (χ4n) is 3.37. The predicted molar refractivity (Wildman–Crippen MR) is 82.6 cm³/mol. The molecule has 1 heterocycles. The molecule has 0 saturated heterocycles. The number of benzene rings is 1. The number of nitrogens with two attached hydrogens (primary N) is 1. The molecule has 2 aromatic rings. The lowest BCUT2D eigenvalue weighted by molar-refractivity contribution is 0.263. The van der Waals surface area contributed by atoms with Crippen molar-refractivity contribution in [3.8, 4) is 0 Å². The topological polar surface area (TPSA) is 63.8 Å². The van der Waals surface area contributed by atoms with Crippen LogP contribution in [0, 0.1) is 5.92 Å². The second kappa shape index (κ2) is 5.37. The van der Waals surface area contributed by atoms with E-state index in [1.54, 1.807) is 6.33 Å². The Balaban J connectivity index is 1.95. The third kappa shape index (κ3) is 2.48. The van der Waals surface area contributed by atoms with Gasteiger partial charge < -0.3 is 11.1 Å². The van der Waals surface area contributed by atoms with Crippen LogP contribution in [0.1, 0.15) is 32.6 Å². The van der Waals surface area contributed by atoms with E-state index in [0.717, 1.165) is 29.6 Å². The highest BCUT2D eigenvalue weighted by molar-refractivity contribution is 5.88. The minimum atomic E-state index is -0.0191. The molecule has 0 spiro atoms. The molecular formula is C16H22N4. The maximum atomic E-state index is 6.09. The van der Waals surface area contributed by atoms with E-state index < -0.39 is 0 Å². The Hall–Kier alpha value is -1.68. The van der Waals surface area contributed by atoms with Gasteiger partial charge in [0, 0.05) is 11.9 Å². The van der Waals surface area contributed by atoms with Crippen LogP contribution in [0.2, 0.25) is 0 Å². The van der Waals surface area contributed by atoms with Gasteiger partial charge in [-0.2, -0.15) is 0 Å². The van der Waals surface area contributed by atoms with E-state index in [9.17, 15) is 0 Å². The zero-order valence-electron chi connectivity index (χ0n) is 12.0. The number of aromatic nitrogens is 2. The summed E-state index contributed by atoms with van der Waals surface area (Å²) in [5.41, 5.74) is 7.04. The molecular weight excluding hydrogens is 248 g/mol. The third-order valence-corrected chi connectivity index (χ3v) is 4.41. The van der Waals surface area contributed by atoms with Crippen molar-refractivity contribution in [1.29, 1.82) is 0 Å². The van der Waals surface area contributed by atoms with Gasteiger partial charge in [-0.1, -0.05) is 31.9 Å². The number of anilines is 1. The molecule has 0 radical (unpaired) electrons. The van der Waals surface area contributed by atoms with E-state index in [1.807, 2.05) is 18.2 Å². The molecule has 1 saturated carbocycles. The average Bonchev–Trinajstić information content (AvgIpc) is 2.48. The van der Waals surface area contributed by atoms with E-state index in [0.29, 0.717) is 12.5 Å². The van der Waals surface area contributed by atoms with Crippen molar-refractivity contribution in [3.05, 3.63) is 30.6 Å². The van der Waals surface area contributed by atoms with Gasteiger partial charge in [0.25, 0.3) is 0 Å². The van der Waals surface area contributed by atoms with Crippen LogP contribution in [0.25, 0.3) is 10.9 Å². The summed E-state index contributed by atoms with van der Waals surface area (Å²) in [5.74, 6) is 1.63. The Labute approximate surface area is 119 Å². The maximum Gasteiger partial charge on any atom is 0.137 e. The van der Waals surface area contributed by atoms with Crippen molar-refractivity contribution in [2.24, 2.45) is 11.7 Å².